The summed E-state index contributed by atoms with van der Waals surface area (Å²) in [7, 11) is 1.99. The van der Waals surface area contributed by atoms with Crippen LogP contribution >= 0.6 is 0 Å². The van der Waals surface area contributed by atoms with Crippen molar-refractivity contribution in [1.29, 1.82) is 0 Å². The second-order valence-electron chi connectivity index (χ2n) is 12.7. The Morgan fingerprint density at radius 1 is 1.00 bits per heavy atom. The predicted molar refractivity (Wildman–Crippen MR) is 186 cm³/mol. The van der Waals surface area contributed by atoms with Crippen molar-refractivity contribution in [2.24, 2.45) is 5.92 Å². The summed E-state index contributed by atoms with van der Waals surface area (Å²) < 4.78 is 12.7. The number of carboxylic acid groups (broad SMARTS) is 1. The van der Waals surface area contributed by atoms with E-state index in [0.717, 1.165) is 24.8 Å². The van der Waals surface area contributed by atoms with Crippen molar-refractivity contribution in [3.05, 3.63) is 89.5 Å². The third kappa shape index (κ3) is 10.5. The first-order chi connectivity index (χ1) is 23.0. The Bertz CT molecular complexity index is 1500. The molecule has 1 aliphatic heterocycles. The monoisotopic (exact) mass is 660 g/mol. The van der Waals surface area contributed by atoms with Gasteiger partial charge in [0, 0.05) is 43.5 Å². The average Bonchev–Trinajstić information content (AvgIpc) is 3.06. The lowest BCUT2D eigenvalue weighted by molar-refractivity contribution is -0.0177. The van der Waals surface area contributed by atoms with Gasteiger partial charge < -0.3 is 35.2 Å². The fourth-order valence-electron chi connectivity index (χ4n) is 5.71. The fraction of sp³-hybridized carbons (Fsp3) is 0.432. The van der Waals surface area contributed by atoms with E-state index in [1.807, 2.05) is 51.2 Å². The third-order valence-corrected chi connectivity index (χ3v) is 8.49. The summed E-state index contributed by atoms with van der Waals surface area (Å²) in [6.45, 7) is 7.63. The number of aliphatic hydroxyl groups excluding tert-OH is 1. The quantitative estimate of drug-likeness (QED) is 0.221. The topological polar surface area (TPSA) is 141 Å². The van der Waals surface area contributed by atoms with Gasteiger partial charge in [0.15, 0.2) is 0 Å². The van der Waals surface area contributed by atoms with Crippen molar-refractivity contribution in [3.63, 3.8) is 0 Å². The van der Waals surface area contributed by atoms with Crippen LogP contribution in [0.1, 0.15) is 66.3 Å². The van der Waals surface area contributed by atoms with E-state index in [-0.39, 0.29) is 36.2 Å². The highest BCUT2D eigenvalue weighted by atomic mass is 16.5. The highest BCUT2D eigenvalue weighted by molar-refractivity contribution is 6.02. The van der Waals surface area contributed by atoms with Crippen LogP contribution in [0.25, 0.3) is 0 Å². The summed E-state index contributed by atoms with van der Waals surface area (Å²) in [5, 5.41) is 25.1. The Hall–Kier alpha value is -4.45. The first-order valence-electron chi connectivity index (χ1n) is 16.5. The highest BCUT2D eigenvalue weighted by Gasteiger charge is 2.30. The van der Waals surface area contributed by atoms with E-state index in [2.05, 4.69) is 15.5 Å². The van der Waals surface area contributed by atoms with Gasteiger partial charge in [0.1, 0.15) is 5.75 Å². The fourth-order valence-corrected chi connectivity index (χ4v) is 5.71. The molecule has 4 atom stereocenters. The molecule has 4 N–H and O–H groups in total. The SMILES string of the molecule is C[C@@H]1CCCCO[C@H](CN(C)Cc2ccc(C(=O)O)cc2)[C@@H](C)CN([C@@H](C)CO)C(=O)c2cc(NC(=O)Nc3ccccc3)ccc2O1. The van der Waals surface area contributed by atoms with Crippen LogP contribution in [0.2, 0.25) is 0 Å². The standard InChI is InChI=1S/C37H48N4O7/c1-25-21-41(26(2)24-42)35(43)32-20-31(39-37(46)38-30-11-6-5-7-12-30)17-18-33(32)48-27(3)10-8-9-19-47-34(25)23-40(4)22-28-13-15-29(16-14-28)36(44)45/h5-7,11-18,20,25-27,34,42H,8-10,19,21-24H2,1-4H3,(H,44,45)(H2,38,39,46)/t25-,26-,27+,34+/m0/s1. The van der Waals surface area contributed by atoms with Crippen LogP contribution in [0.5, 0.6) is 5.75 Å². The zero-order chi connectivity index (χ0) is 34.6. The molecule has 0 bridgehead atoms. The molecule has 1 aliphatic rings. The average molecular weight is 661 g/mol. The van der Waals surface area contributed by atoms with Gasteiger partial charge in [-0.1, -0.05) is 37.3 Å². The molecule has 3 aromatic carbocycles. The molecule has 258 valence electrons. The van der Waals surface area contributed by atoms with Crippen molar-refractivity contribution < 1.29 is 34.1 Å². The summed E-state index contributed by atoms with van der Waals surface area (Å²) in [6, 6.07) is 20.0. The molecular formula is C37H48N4O7. The zero-order valence-corrected chi connectivity index (χ0v) is 28.2. The summed E-state index contributed by atoms with van der Waals surface area (Å²) >= 11 is 0. The van der Waals surface area contributed by atoms with Crippen LogP contribution in [0.3, 0.4) is 0 Å². The van der Waals surface area contributed by atoms with Gasteiger partial charge >= 0.3 is 12.0 Å². The van der Waals surface area contributed by atoms with E-state index in [0.29, 0.717) is 48.9 Å². The largest absolute Gasteiger partial charge is 0.490 e. The van der Waals surface area contributed by atoms with Crippen LogP contribution in [0.4, 0.5) is 16.2 Å². The van der Waals surface area contributed by atoms with Gasteiger partial charge in [-0.25, -0.2) is 9.59 Å². The molecule has 3 amide bonds. The Labute approximate surface area is 282 Å². The number of para-hydroxylation sites is 1. The number of anilines is 2. The number of carboxylic acids is 1. The molecule has 0 fully saturated rings. The molecule has 0 aromatic heterocycles. The number of aromatic carboxylic acids is 1. The number of carbonyl (C=O) groups is 3. The van der Waals surface area contributed by atoms with Gasteiger partial charge in [-0.2, -0.15) is 0 Å². The number of hydrogen-bond acceptors (Lipinski definition) is 7. The van der Waals surface area contributed by atoms with Gasteiger partial charge in [-0.05, 0) is 88.2 Å². The summed E-state index contributed by atoms with van der Waals surface area (Å²) in [5.74, 6) is -0.968. The van der Waals surface area contributed by atoms with Crippen molar-refractivity contribution in [1.82, 2.24) is 9.80 Å². The number of rotatable bonds is 9. The number of nitrogens with one attached hydrogen (secondary N) is 2. The molecule has 1 heterocycles. The van der Waals surface area contributed by atoms with Gasteiger partial charge in [-0.15, -0.1) is 0 Å². The molecule has 0 spiro atoms. The Kier molecular flexibility index (Phi) is 13.4. The number of aliphatic hydroxyl groups is 1. The molecule has 0 saturated carbocycles. The number of amides is 3. The number of urea groups is 1. The number of hydrogen-bond donors (Lipinski definition) is 4. The molecule has 11 heteroatoms. The number of nitrogens with zero attached hydrogens (tertiary/aromatic N) is 2. The third-order valence-electron chi connectivity index (χ3n) is 8.49. The Morgan fingerprint density at radius 3 is 2.40 bits per heavy atom. The van der Waals surface area contributed by atoms with Crippen molar-refractivity contribution in [2.45, 2.75) is 64.8 Å². The van der Waals surface area contributed by atoms with E-state index in [1.165, 1.54) is 0 Å². The molecule has 0 aliphatic carbocycles. The van der Waals surface area contributed by atoms with Gasteiger partial charge in [0.05, 0.1) is 36.0 Å². The van der Waals surface area contributed by atoms with Crippen molar-refractivity contribution in [3.8, 4) is 5.75 Å². The lowest BCUT2D eigenvalue weighted by Crippen LogP contribution is -2.47. The highest BCUT2D eigenvalue weighted by Crippen LogP contribution is 2.29. The number of fused-ring (bicyclic) bond motifs is 1. The lowest BCUT2D eigenvalue weighted by Gasteiger charge is -2.36. The lowest BCUT2D eigenvalue weighted by atomic mass is 10.0. The number of likely N-dealkylation sites (N-methyl/N-ethyl adjacent to an activating group) is 1. The van der Waals surface area contributed by atoms with Crippen LogP contribution in [0.15, 0.2) is 72.8 Å². The second kappa shape index (κ2) is 17.6. The Balaban J connectivity index is 1.57. The first kappa shape index (κ1) is 36.4. The normalized spacial score (nSPS) is 19.8. The minimum Gasteiger partial charge on any atom is -0.490 e. The molecule has 0 radical (unpaired) electrons. The maximum Gasteiger partial charge on any atom is 0.335 e. The van der Waals surface area contributed by atoms with Crippen LogP contribution in [-0.2, 0) is 11.3 Å². The zero-order valence-electron chi connectivity index (χ0n) is 28.2. The van der Waals surface area contributed by atoms with Crippen LogP contribution in [0, 0.1) is 5.92 Å². The van der Waals surface area contributed by atoms with Gasteiger partial charge in [0.2, 0.25) is 0 Å². The maximum atomic E-state index is 14.3. The number of benzene rings is 3. The van der Waals surface area contributed by atoms with Gasteiger partial charge in [0.25, 0.3) is 5.91 Å². The van der Waals surface area contributed by atoms with E-state index in [4.69, 9.17) is 9.47 Å². The van der Waals surface area contributed by atoms with Crippen molar-refractivity contribution >= 4 is 29.3 Å². The summed E-state index contributed by atoms with van der Waals surface area (Å²) in [5.41, 5.74) is 2.58. The molecule has 4 rings (SSSR count). The molecule has 11 nitrogen and oxygen atoms in total. The number of ether oxygens (including phenoxy) is 2. The van der Waals surface area contributed by atoms with E-state index >= 15 is 0 Å². The molecular weight excluding hydrogens is 612 g/mol. The molecule has 3 aromatic rings. The predicted octanol–water partition coefficient (Wildman–Crippen LogP) is 5.96. The summed E-state index contributed by atoms with van der Waals surface area (Å²) in [4.78, 5) is 42.2. The molecule has 48 heavy (non-hydrogen) atoms. The first-order valence-corrected chi connectivity index (χ1v) is 16.5. The van der Waals surface area contributed by atoms with Crippen molar-refractivity contribution in [2.75, 3.05) is 44.0 Å². The molecule has 0 saturated heterocycles. The smallest absolute Gasteiger partial charge is 0.335 e. The molecule has 0 unspecified atom stereocenters. The summed E-state index contributed by atoms with van der Waals surface area (Å²) in [6.07, 6.45) is 2.10. The minimum absolute atomic E-state index is 0.107. The van der Waals surface area contributed by atoms with E-state index in [9.17, 15) is 24.6 Å². The Morgan fingerprint density at radius 2 is 1.71 bits per heavy atom. The maximum absolute atomic E-state index is 14.3. The minimum atomic E-state index is -0.960. The van der Waals surface area contributed by atoms with E-state index in [1.54, 1.807) is 54.3 Å². The van der Waals surface area contributed by atoms with Gasteiger partial charge in [-0.3, -0.25) is 9.69 Å². The van der Waals surface area contributed by atoms with Crippen LogP contribution < -0.4 is 15.4 Å². The van der Waals surface area contributed by atoms with E-state index < -0.39 is 18.0 Å². The number of carbonyl (C=O) groups excluding carboxylic acids is 2. The second-order valence-corrected chi connectivity index (χ2v) is 12.7. The van der Waals surface area contributed by atoms with Crippen LogP contribution in [-0.4, -0.2) is 89.5 Å².